The molecule has 0 bridgehead atoms. The molecule has 0 saturated heterocycles. The van der Waals surface area contributed by atoms with Crippen LogP contribution in [-0.4, -0.2) is 97.0 Å². The summed E-state index contributed by atoms with van der Waals surface area (Å²) in [6.07, 6.45) is -1.77. The third-order valence-corrected chi connectivity index (χ3v) is 8.97. The Morgan fingerprint density at radius 1 is 0.733 bits per heavy atom. The van der Waals surface area contributed by atoms with Crippen LogP contribution in [0.25, 0.3) is 0 Å². The van der Waals surface area contributed by atoms with Gasteiger partial charge >= 0.3 is 12.2 Å². The third-order valence-electron chi connectivity index (χ3n) is 5.73. The fourth-order valence-corrected chi connectivity index (χ4v) is 8.60. The highest BCUT2D eigenvalue weighted by atomic mass is 127. The van der Waals surface area contributed by atoms with Gasteiger partial charge in [0, 0.05) is 23.7 Å². The van der Waals surface area contributed by atoms with Crippen LogP contribution in [0.15, 0.2) is 0 Å². The van der Waals surface area contributed by atoms with Crippen molar-refractivity contribution in [1.29, 1.82) is 0 Å². The van der Waals surface area contributed by atoms with Gasteiger partial charge in [0.1, 0.15) is 23.3 Å². The zero-order valence-electron chi connectivity index (χ0n) is 26.1. The fourth-order valence-electron chi connectivity index (χ4n) is 3.90. The lowest BCUT2D eigenvalue weighted by Crippen LogP contribution is -2.61. The second-order valence-corrected chi connectivity index (χ2v) is 14.8. The molecule has 1 aromatic rings. The molecule has 0 radical (unpaired) electrons. The second-order valence-electron chi connectivity index (χ2n) is 11.5. The molecule has 0 aliphatic carbocycles. The van der Waals surface area contributed by atoms with E-state index in [1.807, 2.05) is 45.2 Å². The van der Waals surface area contributed by atoms with Crippen LogP contribution in [0.5, 0.6) is 0 Å². The molecule has 18 heteroatoms. The van der Waals surface area contributed by atoms with Gasteiger partial charge in [-0.1, -0.05) is 0 Å². The summed E-state index contributed by atoms with van der Waals surface area (Å²) in [7, 11) is 1.59. The maximum atomic E-state index is 14.5. The van der Waals surface area contributed by atoms with Crippen LogP contribution < -0.4 is 33.2 Å². The zero-order valence-corrected chi connectivity index (χ0v) is 32.5. The Morgan fingerprint density at radius 3 is 1.42 bits per heavy atom. The number of anilines is 1. The summed E-state index contributed by atoms with van der Waals surface area (Å²) in [5, 5.41) is 7.63. The standard InChI is InChI=1S/C27H40I3N7O8/c1-26(2,3)44-24(42)35-10-14(38)12(8-31)37(13(9-32)15(39)11-36-25(43)45-27(4,5)6)23(41)17-18(28)16(22(33)40)19(29)21(34-7)20(17)30/h12-13,34H,8-11,31-32H2,1-7H3,(H2,33,40)(H,35,42)(H,36,43). The van der Waals surface area contributed by atoms with Gasteiger partial charge in [-0.3, -0.25) is 19.2 Å². The molecule has 2 atom stereocenters. The van der Waals surface area contributed by atoms with Gasteiger partial charge in [0.05, 0.1) is 37.0 Å². The highest BCUT2D eigenvalue weighted by Gasteiger charge is 2.40. The van der Waals surface area contributed by atoms with Crippen molar-refractivity contribution in [3.05, 3.63) is 21.8 Å². The van der Waals surface area contributed by atoms with Gasteiger partial charge in [0.2, 0.25) is 0 Å². The monoisotopic (exact) mass is 971 g/mol. The minimum Gasteiger partial charge on any atom is -0.444 e. The molecule has 0 spiro atoms. The average Bonchev–Trinajstić information content (AvgIpc) is 2.88. The van der Waals surface area contributed by atoms with Crippen LogP contribution in [0.3, 0.4) is 0 Å². The van der Waals surface area contributed by atoms with Gasteiger partial charge in [-0.05, 0) is 109 Å². The molecular formula is C27H40I3N7O8. The number of nitrogens with one attached hydrogen (secondary N) is 3. The predicted octanol–water partition coefficient (Wildman–Crippen LogP) is 1.93. The molecular weight excluding hydrogens is 931 g/mol. The summed E-state index contributed by atoms with van der Waals surface area (Å²) in [6.45, 7) is 7.72. The lowest BCUT2D eigenvalue weighted by atomic mass is 10.0. The topological polar surface area (TPSA) is 238 Å². The summed E-state index contributed by atoms with van der Waals surface area (Å²) in [5.74, 6) is -3.13. The highest BCUT2D eigenvalue weighted by molar-refractivity contribution is 14.1. The van der Waals surface area contributed by atoms with E-state index in [1.165, 1.54) is 0 Å². The number of benzene rings is 1. The van der Waals surface area contributed by atoms with E-state index in [0.717, 1.165) is 4.90 Å². The first kappa shape index (κ1) is 41.0. The molecule has 1 aromatic carbocycles. The quantitative estimate of drug-likeness (QED) is 0.156. The Morgan fingerprint density at radius 2 is 1.11 bits per heavy atom. The normalized spacial score (nSPS) is 12.8. The number of primary amides is 1. The first-order valence-corrected chi connectivity index (χ1v) is 16.7. The molecule has 0 aliphatic heterocycles. The molecule has 45 heavy (non-hydrogen) atoms. The van der Waals surface area contributed by atoms with Crippen LogP contribution >= 0.6 is 67.8 Å². The number of ether oxygens (including phenoxy) is 2. The van der Waals surface area contributed by atoms with E-state index >= 15 is 0 Å². The molecule has 0 aromatic heterocycles. The van der Waals surface area contributed by atoms with Crippen molar-refractivity contribution in [2.75, 3.05) is 38.5 Å². The van der Waals surface area contributed by atoms with Crippen molar-refractivity contribution in [3.8, 4) is 0 Å². The number of halogens is 3. The molecule has 2 unspecified atom stereocenters. The Labute approximate surface area is 303 Å². The largest absolute Gasteiger partial charge is 0.444 e. The highest BCUT2D eigenvalue weighted by Crippen LogP contribution is 2.36. The average molecular weight is 971 g/mol. The third kappa shape index (κ3) is 11.6. The van der Waals surface area contributed by atoms with Gasteiger partial charge in [-0.25, -0.2) is 9.59 Å². The van der Waals surface area contributed by atoms with Crippen molar-refractivity contribution >= 4 is 109 Å². The second kappa shape index (κ2) is 17.2. The van der Waals surface area contributed by atoms with Gasteiger partial charge < -0.3 is 47.5 Å². The maximum absolute atomic E-state index is 14.5. The smallest absolute Gasteiger partial charge is 0.408 e. The van der Waals surface area contributed by atoms with Gasteiger partial charge in [-0.15, -0.1) is 0 Å². The van der Waals surface area contributed by atoms with E-state index in [4.69, 9.17) is 26.7 Å². The van der Waals surface area contributed by atoms with Gasteiger partial charge in [0.15, 0.2) is 11.6 Å². The molecule has 15 nitrogen and oxygen atoms in total. The molecule has 0 saturated carbocycles. The summed E-state index contributed by atoms with van der Waals surface area (Å²) in [5.41, 5.74) is 16.5. The van der Waals surface area contributed by atoms with E-state index in [2.05, 4.69) is 16.0 Å². The van der Waals surface area contributed by atoms with Crippen LogP contribution in [0, 0.1) is 10.7 Å². The molecule has 4 amide bonds. The molecule has 0 aliphatic rings. The van der Waals surface area contributed by atoms with E-state index in [9.17, 15) is 28.8 Å². The van der Waals surface area contributed by atoms with Crippen molar-refractivity contribution in [1.82, 2.24) is 15.5 Å². The summed E-state index contributed by atoms with van der Waals surface area (Å²) in [6, 6.07) is -2.96. The first-order chi connectivity index (χ1) is 20.6. The number of nitrogens with two attached hydrogens (primary N) is 3. The van der Waals surface area contributed by atoms with Crippen molar-refractivity contribution in [2.24, 2.45) is 17.2 Å². The Balaban J connectivity index is 3.75. The number of hydrogen-bond donors (Lipinski definition) is 6. The molecule has 9 N–H and O–H groups in total. The number of ketones is 2. The van der Waals surface area contributed by atoms with E-state index in [1.54, 1.807) is 71.2 Å². The maximum Gasteiger partial charge on any atom is 0.408 e. The fraction of sp³-hybridized carbons (Fsp3) is 0.556. The minimum atomic E-state index is -1.48. The predicted molar refractivity (Wildman–Crippen MR) is 193 cm³/mol. The first-order valence-electron chi connectivity index (χ1n) is 13.5. The van der Waals surface area contributed by atoms with Crippen LogP contribution in [-0.2, 0) is 19.1 Å². The minimum absolute atomic E-state index is 0.0348. The lowest BCUT2D eigenvalue weighted by Gasteiger charge is -2.36. The number of carbonyl (C=O) groups excluding carboxylic acids is 6. The zero-order chi connectivity index (χ0) is 35.0. The van der Waals surface area contributed by atoms with Crippen molar-refractivity contribution in [2.45, 2.75) is 64.8 Å². The van der Waals surface area contributed by atoms with E-state index in [-0.39, 0.29) is 14.7 Å². The molecule has 1 rings (SSSR count). The summed E-state index contributed by atoms with van der Waals surface area (Å²) in [4.78, 5) is 79.5. The number of nitrogens with zero attached hydrogens (tertiary/aromatic N) is 1. The number of alkyl carbamates (subject to hydrolysis) is 2. The summed E-state index contributed by atoms with van der Waals surface area (Å²) >= 11 is 5.65. The number of amides is 4. The Bertz CT molecular complexity index is 1280. The van der Waals surface area contributed by atoms with Crippen LogP contribution in [0.4, 0.5) is 15.3 Å². The SMILES string of the molecule is CNc1c(I)c(C(N)=O)c(I)c(C(=O)N(C(CN)C(=O)CNC(=O)OC(C)(C)C)C(CN)C(=O)CNC(=O)OC(C)(C)C)c1I. The van der Waals surface area contributed by atoms with Crippen molar-refractivity contribution in [3.63, 3.8) is 0 Å². The van der Waals surface area contributed by atoms with Gasteiger partial charge in [0.25, 0.3) is 11.8 Å². The lowest BCUT2D eigenvalue weighted by molar-refractivity contribution is -0.127. The molecule has 252 valence electrons. The van der Waals surface area contributed by atoms with E-state index < -0.39 is 85.0 Å². The van der Waals surface area contributed by atoms with Gasteiger partial charge in [-0.2, -0.15) is 0 Å². The number of Topliss-reactive ketones (excluding diaryl/α,β-unsaturated/α-hetero) is 2. The van der Waals surface area contributed by atoms with Crippen LogP contribution in [0.2, 0.25) is 0 Å². The molecule has 0 heterocycles. The van der Waals surface area contributed by atoms with Crippen LogP contribution in [0.1, 0.15) is 62.3 Å². The Kier molecular flexibility index (Phi) is 15.7. The Hall–Kier alpha value is -2.05. The summed E-state index contributed by atoms with van der Waals surface area (Å²) < 4.78 is 11.4. The number of hydrogen-bond acceptors (Lipinski definition) is 11. The van der Waals surface area contributed by atoms with E-state index in [0.29, 0.717) is 12.8 Å². The molecule has 0 fully saturated rings. The number of rotatable bonds is 13. The van der Waals surface area contributed by atoms with Crippen molar-refractivity contribution < 1.29 is 38.2 Å². The number of carbonyl (C=O) groups is 6.